The maximum Gasteiger partial charge on any atom is 0.324 e. The van der Waals surface area contributed by atoms with Crippen molar-refractivity contribution in [2.24, 2.45) is 0 Å². The third-order valence-electron chi connectivity index (χ3n) is 4.06. The highest BCUT2D eigenvalue weighted by molar-refractivity contribution is 6.00. The fourth-order valence-electron chi connectivity index (χ4n) is 2.69. The average molecular weight is 372 g/mol. The number of nitrogens with two attached hydrogens (primary N) is 1. The Morgan fingerprint density at radius 3 is 2.96 bits per heavy atom. The van der Waals surface area contributed by atoms with Crippen LogP contribution >= 0.6 is 0 Å². The van der Waals surface area contributed by atoms with Crippen molar-refractivity contribution in [3.63, 3.8) is 0 Å². The van der Waals surface area contributed by atoms with E-state index in [9.17, 15) is 4.79 Å². The number of carbonyl (C=O) groups is 1. The lowest BCUT2D eigenvalue weighted by molar-refractivity contribution is -0.0402. The summed E-state index contributed by atoms with van der Waals surface area (Å²) in [6.07, 6.45) is 2.76. The first kappa shape index (κ1) is 18.9. The maximum atomic E-state index is 12.3. The lowest BCUT2D eigenvalue weighted by Crippen LogP contribution is -2.42. The van der Waals surface area contributed by atoms with Gasteiger partial charge in [0.1, 0.15) is 24.3 Å². The van der Waals surface area contributed by atoms with E-state index in [0.29, 0.717) is 30.5 Å². The summed E-state index contributed by atoms with van der Waals surface area (Å²) in [6.45, 7) is 4.77. The summed E-state index contributed by atoms with van der Waals surface area (Å²) in [5.74, 6) is 1.16. The van der Waals surface area contributed by atoms with Gasteiger partial charge < -0.3 is 25.4 Å². The maximum absolute atomic E-state index is 12.3. The van der Waals surface area contributed by atoms with Crippen LogP contribution in [-0.2, 0) is 4.74 Å². The number of hydrogen-bond donors (Lipinski definition) is 3. The van der Waals surface area contributed by atoms with Crippen molar-refractivity contribution in [1.82, 2.24) is 14.9 Å². The number of nitrogen functional groups attached to an aromatic ring is 1. The Hall–Kier alpha value is -2.91. The van der Waals surface area contributed by atoms with Crippen molar-refractivity contribution < 1.29 is 14.3 Å². The predicted octanol–water partition coefficient (Wildman–Crippen LogP) is 1.72. The Bertz CT molecular complexity index is 783. The normalized spacial score (nSPS) is 17.3. The number of aromatic nitrogens is 2. The molecule has 1 fully saturated rings. The Morgan fingerprint density at radius 1 is 1.37 bits per heavy atom. The first-order valence-electron chi connectivity index (χ1n) is 8.69. The molecule has 1 saturated heterocycles. The highest BCUT2D eigenvalue weighted by atomic mass is 16.5. The Kier molecular flexibility index (Phi) is 6.05. The third-order valence-corrected chi connectivity index (χ3v) is 4.06. The van der Waals surface area contributed by atoms with Gasteiger partial charge in [0.2, 0.25) is 0 Å². The minimum atomic E-state index is -0.446. The number of aryl methyl sites for hydroxylation is 1. The molecule has 1 atom stereocenters. The van der Waals surface area contributed by atoms with Crippen LogP contribution in [0.3, 0.4) is 0 Å². The molecule has 0 spiro atoms. The van der Waals surface area contributed by atoms with E-state index in [1.165, 1.54) is 12.4 Å². The first-order valence-corrected chi connectivity index (χ1v) is 8.69. The van der Waals surface area contributed by atoms with Crippen molar-refractivity contribution in [2.75, 3.05) is 49.7 Å². The van der Waals surface area contributed by atoms with Gasteiger partial charge in [-0.05, 0) is 31.7 Å². The van der Waals surface area contributed by atoms with E-state index in [2.05, 4.69) is 32.5 Å². The molecule has 1 aromatic heterocycles. The summed E-state index contributed by atoms with van der Waals surface area (Å²) in [4.78, 5) is 22.4. The van der Waals surface area contributed by atoms with E-state index in [4.69, 9.17) is 15.2 Å². The molecule has 1 aromatic carbocycles. The van der Waals surface area contributed by atoms with Crippen LogP contribution in [0.25, 0.3) is 0 Å². The van der Waals surface area contributed by atoms with Crippen LogP contribution in [0.1, 0.15) is 5.56 Å². The number of nitrogens with zero attached hydrogens (tertiary/aromatic N) is 3. The third kappa shape index (κ3) is 5.53. The molecule has 2 heterocycles. The summed E-state index contributed by atoms with van der Waals surface area (Å²) < 4.78 is 11.6. The highest BCUT2D eigenvalue weighted by Crippen LogP contribution is 2.26. The number of nitrogens with one attached hydrogen (secondary N) is 2. The van der Waals surface area contributed by atoms with E-state index in [1.807, 2.05) is 25.1 Å². The summed E-state index contributed by atoms with van der Waals surface area (Å²) in [6, 6.07) is 5.16. The van der Waals surface area contributed by atoms with Gasteiger partial charge in [-0.25, -0.2) is 14.8 Å². The molecule has 2 aromatic rings. The van der Waals surface area contributed by atoms with E-state index in [0.717, 1.165) is 18.7 Å². The summed E-state index contributed by atoms with van der Waals surface area (Å²) in [7, 11) is 2.05. The van der Waals surface area contributed by atoms with E-state index >= 15 is 0 Å². The van der Waals surface area contributed by atoms with Crippen LogP contribution in [0.15, 0.2) is 30.6 Å². The van der Waals surface area contributed by atoms with Gasteiger partial charge in [-0.2, -0.15) is 0 Å². The zero-order chi connectivity index (χ0) is 19.2. The quantitative estimate of drug-likeness (QED) is 0.732. The standard InChI is InChI=1S/C18H24N6O3/c1-12-3-4-15(27-11-13-10-24(2)5-6-26-13)14(7-12)22-18(25)23-17-9-20-16(19)8-21-17/h3-4,7-9,13H,5-6,10-11H2,1-2H3,(H2,19,20)(H2,21,22,23,25). The molecule has 1 unspecified atom stereocenters. The van der Waals surface area contributed by atoms with Crippen molar-refractivity contribution in [2.45, 2.75) is 13.0 Å². The molecule has 0 radical (unpaired) electrons. The molecule has 27 heavy (non-hydrogen) atoms. The Morgan fingerprint density at radius 2 is 2.22 bits per heavy atom. The second-order valence-electron chi connectivity index (χ2n) is 6.47. The van der Waals surface area contributed by atoms with Crippen LogP contribution in [0.4, 0.5) is 22.1 Å². The molecule has 3 rings (SSSR count). The van der Waals surface area contributed by atoms with Gasteiger partial charge in [-0.3, -0.25) is 5.32 Å². The fourth-order valence-corrected chi connectivity index (χ4v) is 2.69. The molecule has 0 saturated carbocycles. The van der Waals surface area contributed by atoms with Crippen molar-refractivity contribution >= 4 is 23.4 Å². The molecule has 2 amide bonds. The van der Waals surface area contributed by atoms with Crippen LogP contribution in [-0.4, -0.2) is 60.4 Å². The van der Waals surface area contributed by atoms with E-state index < -0.39 is 6.03 Å². The fraction of sp³-hybridized carbons (Fsp3) is 0.389. The molecule has 1 aliphatic rings. The number of amides is 2. The lowest BCUT2D eigenvalue weighted by Gasteiger charge is -2.30. The number of morpholine rings is 1. The largest absolute Gasteiger partial charge is 0.489 e. The molecule has 144 valence electrons. The van der Waals surface area contributed by atoms with Crippen LogP contribution in [0.2, 0.25) is 0 Å². The van der Waals surface area contributed by atoms with Gasteiger partial charge in [0, 0.05) is 13.1 Å². The topological polar surface area (TPSA) is 115 Å². The molecular weight excluding hydrogens is 348 g/mol. The lowest BCUT2D eigenvalue weighted by atomic mass is 10.2. The number of anilines is 3. The summed E-state index contributed by atoms with van der Waals surface area (Å²) >= 11 is 0. The van der Waals surface area contributed by atoms with Gasteiger partial charge in [0.25, 0.3) is 0 Å². The smallest absolute Gasteiger partial charge is 0.324 e. The van der Waals surface area contributed by atoms with Crippen LogP contribution in [0, 0.1) is 6.92 Å². The SMILES string of the molecule is Cc1ccc(OCC2CN(C)CCO2)c(NC(=O)Nc2cnc(N)cn2)c1. The van der Waals surface area contributed by atoms with Gasteiger partial charge in [0.15, 0.2) is 5.82 Å². The van der Waals surface area contributed by atoms with Crippen molar-refractivity contribution in [1.29, 1.82) is 0 Å². The number of rotatable bonds is 5. The number of ether oxygens (including phenoxy) is 2. The summed E-state index contributed by atoms with van der Waals surface area (Å²) in [5, 5.41) is 5.40. The van der Waals surface area contributed by atoms with E-state index in [1.54, 1.807) is 0 Å². The predicted molar refractivity (Wildman–Crippen MR) is 103 cm³/mol. The first-order chi connectivity index (χ1) is 13.0. The molecule has 9 heteroatoms. The molecule has 4 N–H and O–H groups in total. The molecule has 9 nitrogen and oxygen atoms in total. The number of urea groups is 1. The number of benzene rings is 1. The van der Waals surface area contributed by atoms with Gasteiger partial charge in [-0.1, -0.05) is 6.07 Å². The number of carbonyl (C=O) groups excluding carboxylic acids is 1. The zero-order valence-electron chi connectivity index (χ0n) is 15.4. The summed E-state index contributed by atoms with van der Waals surface area (Å²) in [5.41, 5.74) is 7.06. The van der Waals surface area contributed by atoms with Gasteiger partial charge >= 0.3 is 6.03 Å². The monoisotopic (exact) mass is 372 g/mol. The molecule has 0 bridgehead atoms. The zero-order valence-corrected chi connectivity index (χ0v) is 15.4. The number of hydrogen-bond acceptors (Lipinski definition) is 7. The average Bonchev–Trinajstić information content (AvgIpc) is 2.63. The molecule has 1 aliphatic heterocycles. The highest BCUT2D eigenvalue weighted by Gasteiger charge is 2.19. The van der Waals surface area contributed by atoms with Crippen molar-refractivity contribution in [3.05, 3.63) is 36.2 Å². The molecular formula is C18H24N6O3. The minimum absolute atomic E-state index is 0.00298. The second-order valence-corrected chi connectivity index (χ2v) is 6.47. The molecule has 0 aliphatic carbocycles. The minimum Gasteiger partial charge on any atom is -0.489 e. The Labute approximate surface area is 157 Å². The van der Waals surface area contributed by atoms with Gasteiger partial charge in [0.05, 0.1) is 24.7 Å². The van der Waals surface area contributed by atoms with Crippen LogP contribution in [0.5, 0.6) is 5.75 Å². The van der Waals surface area contributed by atoms with E-state index in [-0.39, 0.29) is 11.9 Å². The van der Waals surface area contributed by atoms with Gasteiger partial charge in [-0.15, -0.1) is 0 Å². The Balaban J connectivity index is 1.62. The second kappa shape index (κ2) is 8.65. The van der Waals surface area contributed by atoms with Crippen LogP contribution < -0.4 is 21.1 Å². The number of likely N-dealkylation sites (N-methyl/N-ethyl adjacent to an activating group) is 1. The van der Waals surface area contributed by atoms with Crippen molar-refractivity contribution in [3.8, 4) is 5.75 Å².